The van der Waals surface area contributed by atoms with E-state index in [2.05, 4.69) is 234 Å². The van der Waals surface area contributed by atoms with Crippen molar-refractivity contribution in [3.8, 4) is 72.8 Å². The van der Waals surface area contributed by atoms with Gasteiger partial charge in [0.1, 0.15) is 0 Å². The number of hydrogen-bond donors (Lipinski definition) is 0. The molecule has 0 spiro atoms. The van der Waals surface area contributed by atoms with Crippen molar-refractivity contribution in [1.82, 2.24) is 0 Å². The molecule has 316 valence electrons. The number of allylic oxidation sites excluding steroid dienone is 1. The lowest BCUT2D eigenvalue weighted by atomic mass is 9.84. The second-order valence-electron chi connectivity index (χ2n) is 18.1. The maximum Gasteiger partial charge on any atom is 0.262 e. The van der Waals surface area contributed by atoms with Crippen LogP contribution in [0, 0.1) is 17.9 Å². The van der Waals surface area contributed by atoms with E-state index in [0.717, 1.165) is 33.4 Å². The van der Waals surface area contributed by atoms with E-state index in [1.54, 1.807) is 6.08 Å². The molecule has 2 aliphatic carbocycles. The molecule has 0 atom stereocenters. The molecule has 0 fully saturated rings. The number of benzene rings is 12. The number of fused-ring (bicyclic) bond motifs is 11. The average molecular weight is 872 g/mol. The van der Waals surface area contributed by atoms with Crippen LogP contribution in [-0.4, -0.2) is 0 Å². The van der Waals surface area contributed by atoms with Crippen LogP contribution in [0.2, 0.25) is 0 Å². The molecule has 2 aliphatic rings. The van der Waals surface area contributed by atoms with E-state index in [-0.39, 0.29) is 5.70 Å². The first-order valence-electron chi connectivity index (χ1n) is 23.3. The summed E-state index contributed by atoms with van der Waals surface area (Å²) in [6.07, 6.45) is 1.71. The van der Waals surface area contributed by atoms with Gasteiger partial charge in [-0.15, -0.1) is 0 Å². The third kappa shape index (κ3) is 5.72. The van der Waals surface area contributed by atoms with Gasteiger partial charge in [0.15, 0.2) is 0 Å². The van der Waals surface area contributed by atoms with Crippen LogP contribution in [0.4, 0.5) is 17.1 Å². The SMILES string of the molecule is [C-]#[N+]/C(C#N)=C\c1ccc2c3c(cccc13)-c1cc3c(cc1-2)c(-c1ccccc1)cc1c2cc4c(cc2c(-c2ccccc2)cc31)-c1ccc(N(c2ccccc2)c2ccccc2)c2cccc-4c12. The van der Waals surface area contributed by atoms with Gasteiger partial charge in [-0.05, 0) is 194 Å². The number of hydrogen-bond acceptors (Lipinski definition) is 2. The summed E-state index contributed by atoms with van der Waals surface area (Å²) < 4.78 is 0. The minimum Gasteiger partial charge on any atom is -0.310 e. The fourth-order valence-corrected chi connectivity index (χ4v) is 11.6. The lowest BCUT2D eigenvalue weighted by Crippen LogP contribution is -2.10. The highest BCUT2D eigenvalue weighted by Gasteiger charge is 2.29. The first-order valence-corrected chi connectivity index (χ1v) is 23.3. The first kappa shape index (κ1) is 38.7. The number of anilines is 3. The second kappa shape index (κ2) is 15.0. The summed E-state index contributed by atoms with van der Waals surface area (Å²) in [7, 11) is 0. The zero-order valence-electron chi connectivity index (χ0n) is 37.2. The zero-order valence-corrected chi connectivity index (χ0v) is 37.2. The van der Waals surface area contributed by atoms with Crippen molar-refractivity contribution in [3.63, 3.8) is 0 Å². The van der Waals surface area contributed by atoms with E-state index < -0.39 is 0 Å². The summed E-state index contributed by atoms with van der Waals surface area (Å²) in [5.74, 6) is 0. The van der Waals surface area contributed by atoms with Crippen LogP contribution in [0.25, 0.3) is 132 Å². The van der Waals surface area contributed by atoms with E-state index in [4.69, 9.17) is 6.57 Å². The topological polar surface area (TPSA) is 31.4 Å². The minimum absolute atomic E-state index is 0.0751. The maximum atomic E-state index is 9.68. The molecule has 12 aromatic rings. The van der Waals surface area contributed by atoms with Crippen LogP contribution in [0.1, 0.15) is 5.56 Å². The van der Waals surface area contributed by atoms with Crippen molar-refractivity contribution >= 4 is 77.0 Å². The van der Waals surface area contributed by atoms with E-state index in [0.29, 0.717) is 0 Å². The summed E-state index contributed by atoms with van der Waals surface area (Å²) >= 11 is 0. The van der Waals surface area contributed by atoms with E-state index in [9.17, 15) is 5.26 Å². The Kier molecular flexibility index (Phi) is 8.41. The summed E-state index contributed by atoms with van der Waals surface area (Å²) in [5, 5.41) is 21.6. The molecule has 12 aromatic carbocycles. The quantitative estimate of drug-likeness (QED) is 0.0947. The molecular weight excluding hydrogens is 835 g/mol. The van der Waals surface area contributed by atoms with Gasteiger partial charge in [-0.25, -0.2) is 10.1 Å². The van der Waals surface area contributed by atoms with Crippen molar-refractivity contribution in [3.05, 3.63) is 241 Å². The van der Waals surface area contributed by atoms with Crippen molar-refractivity contribution in [2.45, 2.75) is 0 Å². The van der Waals surface area contributed by atoms with Crippen LogP contribution >= 0.6 is 0 Å². The van der Waals surface area contributed by atoms with Gasteiger partial charge in [-0.2, -0.15) is 0 Å². The third-order valence-corrected chi connectivity index (χ3v) is 14.6. The highest BCUT2D eigenvalue weighted by atomic mass is 15.1. The molecule has 0 bridgehead atoms. The van der Waals surface area contributed by atoms with Crippen molar-refractivity contribution in [2.24, 2.45) is 0 Å². The molecule has 0 saturated heterocycles. The molecular formula is C66H37N3. The molecule has 0 aromatic heterocycles. The van der Waals surface area contributed by atoms with Gasteiger partial charge in [0.05, 0.1) is 18.3 Å². The Morgan fingerprint density at radius 2 is 0.783 bits per heavy atom. The van der Waals surface area contributed by atoms with Crippen LogP contribution < -0.4 is 4.90 Å². The van der Waals surface area contributed by atoms with Gasteiger partial charge in [0.2, 0.25) is 0 Å². The minimum atomic E-state index is 0.0751. The number of para-hydroxylation sites is 2. The van der Waals surface area contributed by atoms with E-state index in [1.165, 1.54) is 110 Å². The number of nitrogens with zero attached hydrogens (tertiary/aromatic N) is 3. The molecule has 14 rings (SSSR count). The third-order valence-electron chi connectivity index (χ3n) is 14.6. The van der Waals surface area contributed by atoms with Crippen LogP contribution in [0.5, 0.6) is 0 Å². The smallest absolute Gasteiger partial charge is 0.262 e. The molecule has 3 nitrogen and oxygen atoms in total. The Hall–Kier alpha value is -9.54. The molecule has 69 heavy (non-hydrogen) atoms. The van der Waals surface area contributed by atoms with Crippen molar-refractivity contribution < 1.29 is 0 Å². The largest absolute Gasteiger partial charge is 0.310 e. The van der Waals surface area contributed by atoms with Crippen LogP contribution in [0.15, 0.2) is 224 Å². The molecule has 0 radical (unpaired) electrons. The van der Waals surface area contributed by atoms with E-state index in [1.807, 2.05) is 0 Å². The lowest BCUT2D eigenvalue weighted by molar-refractivity contribution is 1.30. The monoisotopic (exact) mass is 871 g/mol. The Bertz CT molecular complexity index is 4240. The van der Waals surface area contributed by atoms with Gasteiger partial charge in [-0.3, -0.25) is 0 Å². The summed E-state index contributed by atoms with van der Waals surface area (Å²) in [6.45, 7) is 7.58. The van der Waals surface area contributed by atoms with Crippen LogP contribution in [-0.2, 0) is 0 Å². The summed E-state index contributed by atoms with van der Waals surface area (Å²) in [5.41, 5.74) is 18.8. The molecule has 0 amide bonds. The molecule has 0 heterocycles. The Morgan fingerprint density at radius 3 is 1.28 bits per heavy atom. The van der Waals surface area contributed by atoms with Crippen LogP contribution in [0.3, 0.4) is 0 Å². The Morgan fingerprint density at radius 1 is 0.377 bits per heavy atom. The van der Waals surface area contributed by atoms with Gasteiger partial charge >= 0.3 is 0 Å². The van der Waals surface area contributed by atoms with Gasteiger partial charge < -0.3 is 4.90 Å². The lowest BCUT2D eigenvalue weighted by Gasteiger charge is -2.27. The predicted molar refractivity (Wildman–Crippen MR) is 289 cm³/mol. The van der Waals surface area contributed by atoms with Crippen molar-refractivity contribution in [2.75, 3.05) is 4.90 Å². The average Bonchev–Trinajstić information content (AvgIpc) is 3.91. The number of nitriles is 1. The summed E-state index contributed by atoms with van der Waals surface area (Å²) in [4.78, 5) is 5.86. The van der Waals surface area contributed by atoms with Gasteiger partial charge in [0, 0.05) is 16.8 Å². The highest BCUT2D eigenvalue weighted by molar-refractivity contribution is 6.29. The Labute approximate surface area is 399 Å². The maximum absolute atomic E-state index is 9.68. The Balaban J connectivity index is 1.06. The van der Waals surface area contributed by atoms with Gasteiger partial charge in [0.25, 0.3) is 5.70 Å². The highest BCUT2D eigenvalue weighted by Crippen LogP contribution is 2.55. The normalized spacial score (nSPS) is 12.1. The molecule has 0 N–H and O–H groups in total. The number of rotatable bonds is 6. The van der Waals surface area contributed by atoms with Crippen molar-refractivity contribution in [1.29, 1.82) is 5.26 Å². The van der Waals surface area contributed by atoms with E-state index >= 15 is 0 Å². The fraction of sp³-hybridized carbons (Fsp3) is 0. The predicted octanol–water partition coefficient (Wildman–Crippen LogP) is 18.3. The standard InChI is InChI=1S/C66H37N3/c1-68-43(39-67)32-42-28-29-49-56-35-58-52(40-16-6-2-7-17-40)33-61-60(62(58)37-54(56)47-25-14-24-46(42)65(47)49)34-53(41-18-8-3-9-19-41)59-36-57-50-30-31-64(51-27-15-26-48(66(50)51)55(57)38-63(59)61)69(44-20-10-4-11-21-44)45-22-12-5-13-23-45/h2-38H/b43-32-. The fourth-order valence-electron chi connectivity index (χ4n) is 11.6. The molecule has 0 aliphatic heterocycles. The molecule has 0 unspecified atom stereocenters. The molecule has 0 saturated carbocycles. The first-order chi connectivity index (χ1) is 34.1. The zero-order chi connectivity index (χ0) is 45.7. The second-order valence-corrected chi connectivity index (χ2v) is 18.1. The summed E-state index contributed by atoms with van der Waals surface area (Å²) in [6, 6.07) is 81.9. The molecule has 3 heteroatoms. The van der Waals surface area contributed by atoms with Gasteiger partial charge in [-0.1, -0.05) is 152 Å².